The Morgan fingerprint density at radius 2 is 1.84 bits per heavy atom. The van der Waals surface area contributed by atoms with Gasteiger partial charge in [0.2, 0.25) is 12.3 Å². The van der Waals surface area contributed by atoms with Gasteiger partial charge in [0, 0.05) is 17.5 Å². The van der Waals surface area contributed by atoms with Gasteiger partial charge in [0.25, 0.3) is 0 Å². The maximum absolute atomic E-state index is 5.92. The van der Waals surface area contributed by atoms with E-state index < -0.39 is 0 Å². The molecule has 0 aliphatic rings. The summed E-state index contributed by atoms with van der Waals surface area (Å²) in [6.07, 6.45) is 2.13. The normalized spacial score (nSPS) is 11.2. The summed E-state index contributed by atoms with van der Waals surface area (Å²) >= 11 is 5.32. The molecule has 0 bridgehead atoms. The van der Waals surface area contributed by atoms with Crippen LogP contribution in [0.5, 0.6) is 11.5 Å². The quantitative estimate of drug-likeness (QED) is 0.144. The third-order valence-electron chi connectivity index (χ3n) is 4.85. The summed E-state index contributed by atoms with van der Waals surface area (Å²) in [5.74, 6) is 1.32. The molecule has 0 saturated carbocycles. The van der Waals surface area contributed by atoms with E-state index in [2.05, 4.69) is 67.3 Å². The predicted molar refractivity (Wildman–Crippen MR) is 132 cm³/mol. The number of hydrogen-bond donors (Lipinski definition) is 2. The van der Waals surface area contributed by atoms with Gasteiger partial charge in [-0.2, -0.15) is 9.35 Å². The Hall–Kier alpha value is -1.90. The first-order chi connectivity index (χ1) is 15.2. The highest BCUT2D eigenvalue weighted by Crippen LogP contribution is 2.29. The van der Waals surface area contributed by atoms with Crippen molar-refractivity contribution in [2.24, 2.45) is 0 Å². The van der Waals surface area contributed by atoms with E-state index in [9.17, 15) is 0 Å². The molecule has 0 aliphatic carbocycles. The van der Waals surface area contributed by atoms with Gasteiger partial charge in [-0.25, -0.2) is 0 Å². The van der Waals surface area contributed by atoms with Gasteiger partial charge in [0.05, 0.1) is 13.7 Å². The zero-order valence-corrected chi connectivity index (χ0v) is 19.8. The monoisotopic (exact) mass is 458 g/mol. The van der Waals surface area contributed by atoms with E-state index in [4.69, 9.17) is 13.2 Å². The first kappa shape index (κ1) is 23.8. The largest absolute Gasteiger partial charge is 0.495 e. The second-order valence-corrected chi connectivity index (χ2v) is 8.10. The van der Waals surface area contributed by atoms with Crippen molar-refractivity contribution in [3.8, 4) is 11.5 Å². The van der Waals surface area contributed by atoms with Gasteiger partial charge in [-0.3, -0.25) is 0 Å². The fourth-order valence-corrected chi connectivity index (χ4v) is 3.86. The van der Waals surface area contributed by atoms with Gasteiger partial charge in [-0.15, -0.1) is 12.6 Å². The molecule has 3 aromatic carbocycles. The summed E-state index contributed by atoms with van der Waals surface area (Å²) < 4.78 is 16.9. The van der Waals surface area contributed by atoms with Gasteiger partial charge in [-0.05, 0) is 60.5 Å². The van der Waals surface area contributed by atoms with Crippen LogP contribution in [0.25, 0.3) is 10.8 Å². The molecular formula is C24H30N2O3S2. The number of unbranched alkanes of at least 4 members (excludes halogenated alkanes) is 1. The summed E-state index contributed by atoms with van der Waals surface area (Å²) in [5.41, 5.74) is 1.20. The van der Waals surface area contributed by atoms with Crippen LogP contribution in [-0.4, -0.2) is 31.8 Å². The molecule has 0 radical (unpaired) electrons. The highest BCUT2D eigenvalue weighted by atomic mass is 32.2. The molecular weight excluding hydrogens is 428 g/mol. The molecule has 0 aromatic heterocycles. The van der Waals surface area contributed by atoms with Gasteiger partial charge in [0.15, 0.2) is 0 Å². The number of ether oxygens (including phenoxy) is 1. The highest BCUT2D eigenvalue weighted by Gasteiger charge is 2.10. The Balaban J connectivity index is 1.59. The molecule has 0 heterocycles. The zero-order chi connectivity index (χ0) is 21.9. The van der Waals surface area contributed by atoms with E-state index in [1.165, 1.54) is 16.3 Å². The van der Waals surface area contributed by atoms with Crippen LogP contribution in [0.2, 0.25) is 0 Å². The highest BCUT2D eigenvalue weighted by molar-refractivity contribution is 7.90. The van der Waals surface area contributed by atoms with Crippen LogP contribution < -0.4 is 14.2 Å². The van der Waals surface area contributed by atoms with E-state index in [0.29, 0.717) is 18.0 Å². The molecule has 0 fully saturated rings. The van der Waals surface area contributed by atoms with Crippen LogP contribution in [0, 0.1) is 0 Å². The molecule has 0 atom stereocenters. The summed E-state index contributed by atoms with van der Waals surface area (Å²) in [5, 5.41) is 7.78. The van der Waals surface area contributed by atoms with Gasteiger partial charge < -0.3 is 14.2 Å². The Morgan fingerprint density at radius 1 is 1.00 bits per heavy atom. The average Bonchev–Trinajstić information content (AvgIpc) is 2.79. The first-order valence-corrected chi connectivity index (χ1v) is 11.6. The molecule has 3 rings (SSSR count). The van der Waals surface area contributed by atoms with E-state index in [-0.39, 0.29) is 0 Å². The van der Waals surface area contributed by atoms with Crippen molar-refractivity contribution < 1.29 is 13.2 Å². The van der Waals surface area contributed by atoms with Crippen molar-refractivity contribution in [3.63, 3.8) is 0 Å². The van der Waals surface area contributed by atoms with Crippen molar-refractivity contribution in [1.82, 2.24) is 10.4 Å². The number of nitrogens with zero attached hydrogens (tertiary/aromatic N) is 1. The summed E-state index contributed by atoms with van der Waals surface area (Å²) in [7, 11) is 1.61. The molecule has 0 unspecified atom stereocenters. The number of benzene rings is 3. The fourth-order valence-electron chi connectivity index (χ4n) is 3.21. The van der Waals surface area contributed by atoms with E-state index in [1.54, 1.807) is 13.2 Å². The average molecular weight is 459 g/mol. The Kier molecular flexibility index (Phi) is 9.84. The zero-order valence-electron chi connectivity index (χ0n) is 18.0. The first-order valence-electron chi connectivity index (χ1n) is 10.5. The number of rotatable bonds is 13. The summed E-state index contributed by atoms with van der Waals surface area (Å²) in [4.78, 5) is 0.763. The van der Waals surface area contributed by atoms with Gasteiger partial charge >= 0.3 is 0 Å². The van der Waals surface area contributed by atoms with Crippen LogP contribution in [0.15, 0.2) is 65.6 Å². The van der Waals surface area contributed by atoms with Crippen LogP contribution in [0.1, 0.15) is 25.3 Å². The van der Waals surface area contributed by atoms with Crippen molar-refractivity contribution >= 4 is 35.7 Å². The van der Waals surface area contributed by atoms with E-state index >= 15 is 0 Å². The van der Waals surface area contributed by atoms with Crippen molar-refractivity contribution in [2.45, 2.75) is 31.2 Å². The van der Waals surface area contributed by atoms with Crippen LogP contribution in [-0.2, 0) is 10.8 Å². The van der Waals surface area contributed by atoms with Crippen molar-refractivity contribution in [1.29, 1.82) is 0 Å². The molecule has 5 nitrogen and oxygen atoms in total. The lowest BCUT2D eigenvalue weighted by Crippen LogP contribution is -2.24. The molecule has 3 aromatic rings. The lowest BCUT2D eigenvalue weighted by Gasteiger charge is -2.20. The molecule has 166 valence electrons. The Bertz CT molecular complexity index is 955. The number of methoxy groups -OCH3 is 1. The predicted octanol–water partition coefficient (Wildman–Crippen LogP) is 5.90. The minimum atomic E-state index is 0.650. The number of nitrogens with one attached hydrogen (secondary N) is 1. The lowest BCUT2D eigenvalue weighted by atomic mass is 10.1. The maximum atomic E-state index is 5.92. The smallest absolute Gasteiger partial charge is 0.244 e. The Labute approximate surface area is 194 Å². The summed E-state index contributed by atoms with van der Waals surface area (Å²) in [6.45, 7) is 5.63. The lowest BCUT2D eigenvalue weighted by molar-refractivity contribution is -0.0527. The van der Waals surface area contributed by atoms with E-state index in [1.807, 2.05) is 17.2 Å². The molecule has 31 heavy (non-hydrogen) atoms. The third-order valence-corrected chi connectivity index (χ3v) is 5.75. The SMILES string of the molecule is CCNCCCCN(Cc1ccc2ccccc2c1)OSOc1ccc(S)c(OC)c1. The van der Waals surface area contributed by atoms with Gasteiger partial charge in [0.1, 0.15) is 11.5 Å². The maximum Gasteiger partial charge on any atom is 0.244 e. The number of hydrogen-bond acceptors (Lipinski definition) is 7. The molecule has 1 N–H and O–H groups in total. The molecule has 0 amide bonds. The van der Waals surface area contributed by atoms with Gasteiger partial charge in [-0.1, -0.05) is 43.3 Å². The number of hydroxylamine groups is 2. The number of fused-ring (bicyclic) bond motifs is 1. The fraction of sp³-hybridized carbons (Fsp3) is 0.333. The molecule has 0 aliphatic heterocycles. The second-order valence-electron chi connectivity index (χ2n) is 7.17. The summed E-state index contributed by atoms with van der Waals surface area (Å²) in [6, 6.07) is 20.4. The number of thiol groups is 1. The minimum Gasteiger partial charge on any atom is -0.495 e. The molecule has 7 heteroatoms. The second kappa shape index (κ2) is 12.8. The van der Waals surface area contributed by atoms with Crippen LogP contribution >= 0.6 is 25.0 Å². The Morgan fingerprint density at radius 3 is 2.65 bits per heavy atom. The van der Waals surface area contributed by atoms with E-state index in [0.717, 1.165) is 49.7 Å². The van der Waals surface area contributed by atoms with Crippen molar-refractivity contribution in [2.75, 3.05) is 26.7 Å². The van der Waals surface area contributed by atoms with Crippen LogP contribution in [0.3, 0.4) is 0 Å². The third kappa shape index (κ3) is 7.63. The molecule has 0 spiro atoms. The molecule has 0 saturated heterocycles. The topological polar surface area (TPSA) is 43.0 Å². The minimum absolute atomic E-state index is 0.650. The van der Waals surface area contributed by atoms with Crippen LogP contribution in [0.4, 0.5) is 0 Å². The van der Waals surface area contributed by atoms with Crippen molar-refractivity contribution in [3.05, 3.63) is 66.2 Å². The standard InChI is InChI=1S/C24H30N2O3S2/c1-3-25-14-6-7-15-26(18-19-10-11-20-8-4-5-9-21(20)16-19)29-31-28-22-12-13-24(30)23(17-22)27-2/h4-5,8-13,16-17,25,30H,3,6-7,14-15,18H2,1-2H3.